The minimum Gasteiger partial charge on any atom is -0.375 e. The van der Waals surface area contributed by atoms with Crippen molar-refractivity contribution in [1.82, 2.24) is 19.0 Å². The Morgan fingerprint density at radius 3 is 2.60 bits per heavy atom. The molecule has 2 atom stereocenters. The molecule has 0 aliphatic carbocycles. The molecule has 0 spiro atoms. The number of carbonyl (C=O) groups excluding carboxylic acids is 1. The summed E-state index contributed by atoms with van der Waals surface area (Å²) in [6.07, 6.45) is 2.60. The Hall–Kier alpha value is -1.50. The molecule has 2 aliphatic heterocycles. The highest BCUT2D eigenvalue weighted by atomic mass is 32.2. The van der Waals surface area contributed by atoms with E-state index >= 15 is 0 Å². The van der Waals surface area contributed by atoms with Crippen molar-refractivity contribution >= 4 is 25.8 Å². The van der Waals surface area contributed by atoms with Crippen molar-refractivity contribution in [3.8, 4) is 0 Å². The number of methoxy groups -OCH3 is 1. The maximum absolute atomic E-state index is 12.9. The van der Waals surface area contributed by atoms with E-state index in [1.54, 1.807) is 7.05 Å². The van der Waals surface area contributed by atoms with Gasteiger partial charge in [-0.2, -0.15) is 9.40 Å². The van der Waals surface area contributed by atoms with Crippen LogP contribution in [0.3, 0.4) is 0 Å². The summed E-state index contributed by atoms with van der Waals surface area (Å²) in [6.45, 7) is -0.0135. The lowest BCUT2D eigenvalue weighted by Crippen LogP contribution is -2.62. The fraction of sp³-hybridized carbons (Fsp3) is 0.692. The first kappa shape index (κ1) is 18.3. The van der Waals surface area contributed by atoms with E-state index in [0.29, 0.717) is 0 Å². The van der Waals surface area contributed by atoms with Gasteiger partial charge in [0.25, 0.3) is 0 Å². The Labute approximate surface area is 146 Å². The van der Waals surface area contributed by atoms with Crippen LogP contribution in [0.2, 0.25) is 0 Å². The first-order valence-electron chi connectivity index (χ1n) is 7.65. The summed E-state index contributed by atoms with van der Waals surface area (Å²) < 4.78 is 57.5. The molecule has 25 heavy (non-hydrogen) atoms. The van der Waals surface area contributed by atoms with Gasteiger partial charge < -0.3 is 9.64 Å². The van der Waals surface area contributed by atoms with Crippen LogP contribution in [0.4, 0.5) is 0 Å². The second kappa shape index (κ2) is 6.34. The highest BCUT2D eigenvalue weighted by molar-refractivity contribution is 7.92. The third-order valence-electron chi connectivity index (χ3n) is 4.50. The fourth-order valence-corrected chi connectivity index (χ4v) is 7.11. The molecule has 0 saturated carbocycles. The van der Waals surface area contributed by atoms with Crippen LogP contribution in [0, 0.1) is 0 Å². The van der Waals surface area contributed by atoms with Crippen molar-refractivity contribution in [2.24, 2.45) is 7.05 Å². The van der Waals surface area contributed by atoms with Gasteiger partial charge in [0.1, 0.15) is 11.5 Å². The summed E-state index contributed by atoms with van der Waals surface area (Å²) >= 11 is 0. The van der Waals surface area contributed by atoms with Crippen LogP contribution >= 0.6 is 0 Å². The van der Waals surface area contributed by atoms with Crippen molar-refractivity contribution in [2.75, 3.05) is 38.3 Å². The third kappa shape index (κ3) is 3.30. The first-order chi connectivity index (χ1) is 11.7. The number of amides is 1. The first-order valence-corrected chi connectivity index (χ1v) is 10.9. The Morgan fingerprint density at radius 1 is 1.32 bits per heavy atom. The molecule has 3 heterocycles. The van der Waals surface area contributed by atoms with E-state index in [-0.39, 0.29) is 42.0 Å². The van der Waals surface area contributed by atoms with Crippen molar-refractivity contribution < 1.29 is 26.4 Å². The molecule has 140 valence electrons. The molecule has 2 aliphatic rings. The number of ether oxygens (including phenoxy) is 1. The zero-order chi connectivity index (χ0) is 18.4. The van der Waals surface area contributed by atoms with Crippen LogP contribution in [0.1, 0.15) is 0 Å². The van der Waals surface area contributed by atoms with Crippen LogP contribution in [0.25, 0.3) is 0 Å². The van der Waals surface area contributed by atoms with E-state index in [9.17, 15) is 21.6 Å². The molecule has 2 saturated heterocycles. The number of piperazine rings is 1. The Kier molecular flexibility index (Phi) is 4.64. The highest BCUT2D eigenvalue weighted by Crippen LogP contribution is 2.31. The van der Waals surface area contributed by atoms with Crippen LogP contribution in [-0.2, 0) is 36.4 Å². The molecule has 2 fully saturated rings. The van der Waals surface area contributed by atoms with Gasteiger partial charge in [-0.15, -0.1) is 0 Å². The number of sulfonamides is 1. The largest absolute Gasteiger partial charge is 0.375 e. The number of nitrogens with zero attached hydrogens (tertiary/aromatic N) is 4. The van der Waals surface area contributed by atoms with Gasteiger partial charge in [-0.05, 0) is 0 Å². The van der Waals surface area contributed by atoms with Crippen molar-refractivity contribution in [1.29, 1.82) is 0 Å². The van der Waals surface area contributed by atoms with Crippen LogP contribution in [0.5, 0.6) is 0 Å². The highest BCUT2D eigenvalue weighted by Gasteiger charge is 2.51. The van der Waals surface area contributed by atoms with Gasteiger partial charge in [-0.25, -0.2) is 16.8 Å². The lowest BCUT2D eigenvalue weighted by Gasteiger charge is -2.42. The number of rotatable bonds is 4. The average Bonchev–Trinajstić information content (AvgIpc) is 3.08. The molecule has 0 unspecified atom stereocenters. The van der Waals surface area contributed by atoms with Crippen LogP contribution in [-0.4, -0.2) is 92.1 Å². The van der Waals surface area contributed by atoms with E-state index < -0.39 is 31.9 Å². The summed E-state index contributed by atoms with van der Waals surface area (Å²) in [7, 11) is -4.35. The van der Waals surface area contributed by atoms with E-state index in [0.717, 1.165) is 0 Å². The Morgan fingerprint density at radius 2 is 2.00 bits per heavy atom. The fourth-order valence-electron chi connectivity index (χ4n) is 3.40. The van der Waals surface area contributed by atoms with Crippen molar-refractivity contribution in [3.05, 3.63) is 12.4 Å². The second-order valence-corrected chi connectivity index (χ2v) is 10.2. The summed E-state index contributed by atoms with van der Waals surface area (Å²) in [6, 6.07) is -1.50. The molecule has 0 N–H and O–H groups in total. The minimum atomic E-state index is -3.89. The molecule has 1 aromatic rings. The number of hydrogen-bond acceptors (Lipinski definition) is 7. The van der Waals surface area contributed by atoms with E-state index in [1.165, 1.54) is 33.4 Å². The van der Waals surface area contributed by atoms with Crippen LogP contribution in [0.15, 0.2) is 17.3 Å². The van der Waals surface area contributed by atoms with Gasteiger partial charge in [-0.1, -0.05) is 0 Å². The minimum absolute atomic E-state index is 0.00900. The lowest BCUT2D eigenvalue weighted by atomic mass is 10.1. The lowest BCUT2D eigenvalue weighted by molar-refractivity contribution is -0.139. The second-order valence-electron chi connectivity index (χ2n) is 6.20. The van der Waals surface area contributed by atoms with Gasteiger partial charge in [0.05, 0.1) is 29.8 Å². The molecule has 3 rings (SSSR count). The van der Waals surface area contributed by atoms with E-state index in [1.807, 2.05) is 0 Å². The van der Waals surface area contributed by atoms with Gasteiger partial charge in [0.15, 0.2) is 9.84 Å². The molecule has 1 amide bonds. The predicted octanol–water partition coefficient (Wildman–Crippen LogP) is -1.93. The molecule has 10 nitrogen and oxygen atoms in total. The molecular formula is C13H20N4O6S2. The maximum atomic E-state index is 12.9. The summed E-state index contributed by atoms with van der Waals surface area (Å²) in [5, 5.41) is 3.87. The number of hydrogen-bond donors (Lipinski definition) is 0. The van der Waals surface area contributed by atoms with Crippen LogP contribution < -0.4 is 0 Å². The number of sulfone groups is 1. The summed E-state index contributed by atoms with van der Waals surface area (Å²) in [5.74, 6) is -0.881. The van der Waals surface area contributed by atoms with E-state index in [2.05, 4.69) is 5.10 Å². The van der Waals surface area contributed by atoms with Crippen molar-refractivity contribution in [3.63, 3.8) is 0 Å². The number of fused-ring (bicyclic) bond motifs is 1. The third-order valence-corrected chi connectivity index (χ3v) is 8.08. The Balaban J connectivity index is 1.95. The number of carbonyl (C=O) groups is 1. The summed E-state index contributed by atoms with van der Waals surface area (Å²) in [4.78, 5) is 13.6. The monoisotopic (exact) mass is 392 g/mol. The number of aromatic nitrogens is 2. The maximum Gasteiger partial charge on any atom is 0.248 e. The van der Waals surface area contributed by atoms with Crippen molar-refractivity contribution in [2.45, 2.75) is 17.0 Å². The summed E-state index contributed by atoms with van der Waals surface area (Å²) in [5.41, 5.74) is 0. The Bertz CT molecular complexity index is 878. The quantitative estimate of drug-likeness (QED) is 0.585. The molecule has 0 bridgehead atoms. The van der Waals surface area contributed by atoms with Gasteiger partial charge in [-0.3, -0.25) is 9.48 Å². The topological polar surface area (TPSA) is 119 Å². The standard InChI is InChI=1S/C13H20N4O6S2/c1-15-6-10(5-14-15)25(21,22)17-4-3-16(13(18)7-23-2)11-8-24(19,20)9-12(11)17/h5-6,11-12H,3-4,7-9H2,1-2H3/t11-,12+/m1/s1. The SMILES string of the molecule is COCC(=O)N1CCN(S(=O)(=O)c2cnn(C)c2)[C@H]2CS(=O)(=O)C[C@H]21. The predicted molar refractivity (Wildman–Crippen MR) is 86.9 cm³/mol. The zero-order valence-corrected chi connectivity index (χ0v) is 15.5. The average molecular weight is 392 g/mol. The number of aryl methyl sites for hydroxylation is 1. The normalized spacial score (nSPS) is 26.6. The smallest absolute Gasteiger partial charge is 0.248 e. The molecule has 0 aromatic carbocycles. The molecular weight excluding hydrogens is 372 g/mol. The van der Waals surface area contributed by atoms with Gasteiger partial charge in [0, 0.05) is 33.4 Å². The molecule has 12 heteroatoms. The molecule has 0 radical (unpaired) electrons. The van der Waals surface area contributed by atoms with Gasteiger partial charge >= 0.3 is 0 Å². The zero-order valence-electron chi connectivity index (χ0n) is 13.9. The van der Waals surface area contributed by atoms with E-state index in [4.69, 9.17) is 4.74 Å². The molecule has 1 aromatic heterocycles. The van der Waals surface area contributed by atoms with Gasteiger partial charge in [0.2, 0.25) is 15.9 Å².